The number of hydrogen-bond donors (Lipinski definition) is 2. The topological polar surface area (TPSA) is 98.2 Å². The van der Waals surface area contributed by atoms with Crippen LogP contribution >= 0.6 is 0 Å². The zero-order valence-electron chi connectivity index (χ0n) is 16.0. The molecular formula is C20H27FN2O5. The number of amides is 1. The predicted octanol–water partition coefficient (Wildman–Crippen LogP) is 2.32. The number of carboxylic acids is 2. The summed E-state index contributed by atoms with van der Waals surface area (Å²) in [5, 5.41) is 14.8. The van der Waals surface area contributed by atoms with Gasteiger partial charge in [-0.05, 0) is 37.0 Å². The Labute approximate surface area is 163 Å². The van der Waals surface area contributed by atoms with E-state index in [1.54, 1.807) is 12.1 Å². The lowest BCUT2D eigenvalue weighted by Crippen LogP contribution is -2.53. The van der Waals surface area contributed by atoms with Crippen molar-refractivity contribution in [1.82, 2.24) is 9.80 Å². The highest BCUT2D eigenvalue weighted by atomic mass is 19.1. The fourth-order valence-corrected chi connectivity index (χ4v) is 3.90. The highest BCUT2D eigenvalue weighted by Crippen LogP contribution is 2.28. The average Bonchev–Trinajstić information content (AvgIpc) is 2.68. The van der Waals surface area contributed by atoms with E-state index in [-0.39, 0.29) is 11.7 Å². The van der Waals surface area contributed by atoms with Gasteiger partial charge in [0.25, 0.3) is 5.91 Å². The SMILES string of the molecule is CC1CCCCC1N1CCN(C(=O)c2cccc(F)c2)CC1.O=C(O)C(=O)O. The van der Waals surface area contributed by atoms with Crippen LogP contribution in [0.1, 0.15) is 43.0 Å². The number of carbonyl (C=O) groups is 3. The van der Waals surface area contributed by atoms with Crippen molar-refractivity contribution in [3.63, 3.8) is 0 Å². The van der Waals surface area contributed by atoms with E-state index in [4.69, 9.17) is 19.8 Å². The van der Waals surface area contributed by atoms with Gasteiger partial charge in [0.1, 0.15) is 5.82 Å². The summed E-state index contributed by atoms with van der Waals surface area (Å²) in [5.74, 6) is -3.28. The van der Waals surface area contributed by atoms with Gasteiger partial charge in [-0.1, -0.05) is 25.8 Å². The fourth-order valence-electron chi connectivity index (χ4n) is 3.90. The largest absolute Gasteiger partial charge is 0.473 e. The van der Waals surface area contributed by atoms with E-state index in [9.17, 15) is 9.18 Å². The maximum absolute atomic E-state index is 13.3. The number of hydrogen-bond acceptors (Lipinski definition) is 4. The Hall–Kier alpha value is -2.48. The van der Waals surface area contributed by atoms with Gasteiger partial charge in [-0.15, -0.1) is 0 Å². The van der Waals surface area contributed by atoms with Gasteiger partial charge in [0.2, 0.25) is 0 Å². The van der Waals surface area contributed by atoms with Gasteiger partial charge in [-0.2, -0.15) is 0 Å². The van der Waals surface area contributed by atoms with E-state index < -0.39 is 11.9 Å². The lowest BCUT2D eigenvalue weighted by atomic mass is 9.84. The number of carbonyl (C=O) groups excluding carboxylic acids is 1. The number of nitrogens with zero attached hydrogens (tertiary/aromatic N) is 2. The van der Waals surface area contributed by atoms with Crippen molar-refractivity contribution >= 4 is 17.8 Å². The molecule has 1 heterocycles. The van der Waals surface area contributed by atoms with Crippen molar-refractivity contribution in [2.75, 3.05) is 26.2 Å². The van der Waals surface area contributed by atoms with Crippen LogP contribution in [-0.4, -0.2) is 70.1 Å². The smallest absolute Gasteiger partial charge is 0.414 e. The number of halogens is 1. The summed E-state index contributed by atoms with van der Waals surface area (Å²) in [7, 11) is 0. The maximum atomic E-state index is 13.3. The second kappa shape index (κ2) is 10.2. The molecule has 2 unspecified atom stereocenters. The lowest BCUT2D eigenvalue weighted by Gasteiger charge is -2.43. The van der Waals surface area contributed by atoms with Crippen molar-refractivity contribution in [2.24, 2.45) is 5.92 Å². The predicted molar refractivity (Wildman–Crippen MR) is 101 cm³/mol. The van der Waals surface area contributed by atoms with Crippen LogP contribution < -0.4 is 0 Å². The normalized spacial score (nSPS) is 22.7. The van der Waals surface area contributed by atoms with E-state index in [0.717, 1.165) is 32.1 Å². The molecule has 0 aromatic heterocycles. The van der Waals surface area contributed by atoms with Crippen LogP contribution in [0.4, 0.5) is 4.39 Å². The third-order valence-electron chi connectivity index (χ3n) is 5.39. The van der Waals surface area contributed by atoms with Crippen molar-refractivity contribution in [3.8, 4) is 0 Å². The molecule has 2 N–H and O–H groups in total. The van der Waals surface area contributed by atoms with E-state index in [0.29, 0.717) is 11.6 Å². The molecule has 0 spiro atoms. The third-order valence-corrected chi connectivity index (χ3v) is 5.39. The molecule has 2 atom stereocenters. The number of piperazine rings is 1. The summed E-state index contributed by atoms with van der Waals surface area (Å²) in [6.07, 6.45) is 5.30. The van der Waals surface area contributed by atoms with Gasteiger partial charge in [-0.25, -0.2) is 14.0 Å². The van der Waals surface area contributed by atoms with Gasteiger partial charge >= 0.3 is 11.9 Å². The Morgan fingerprint density at radius 3 is 2.14 bits per heavy atom. The Balaban J connectivity index is 0.000000409. The molecule has 1 saturated heterocycles. The quantitative estimate of drug-likeness (QED) is 0.747. The van der Waals surface area contributed by atoms with Gasteiger partial charge in [-0.3, -0.25) is 9.69 Å². The Morgan fingerprint density at radius 2 is 1.61 bits per heavy atom. The molecule has 1 aliphatic heterocycles. The minimum absolute atomic E-state index is 0.0455. The molecular weight excluding hydrogens is 367 g/mol. The summed E-state index contributed by atoms with van der Waals surface area (Å²) in [4.78, 5) is 35.1. The summed E-state index contributed by atoms with van der Waals surface area (Å²) in [6, 6.07) is 6.68. The highest BCUT2D eigenvalue weighted by molar-refractivity contribution is 6.27. The van der Waals surface area contributed by atoms with Crippen LogP contribution in [0.25, 0.3) is 0 Å². The number of aliphatic carboxylic acids is 2. The highest BCUT2D eigenvalue weighted by Gasteiger charge is 2.30. The second-order valence-corrected chi connectivity index (χ2v) is 7.28. The van der Waals surface area contributed by atoms with Crippen LogP contribution in [0.3, 0.4) is 0 Å². The Kier molecular flexibility index (Phi) is 7.92. The van der Waals surface area contributed by atoms with Crippen molar-refractivity contribution in [1.29, 1.82) is 0 Å². The summed E-state index contributed by atoms with van der Waals surface area (Å²) >= 11 is 0. The molecule has 0 radical (unpaired) electrons. The van der Waals surface area contributed by atoms with Gasteiger partial charge < -0.3 is 15.1 Å². The summed E-state index contributed by atoms with van der Waals surface area (Å²) in [6.45, 7) is 5.73. The lowest BCUT2D eigenvalue weighted by molar-refractivity contribution is -0.159. The minimum atomic E-state index is -1.82. The summed E-state index contributed by atoms with van der Waals surface area (Å²) in [5.41, 5.74) is 0.458. The van der Waals surface area contributed by atoms with Crippen molar-refractivity contribution < 1.29 is 29.0 Å². The fraction of sp³-hybridized carbons (Fsp3) is 0.550. The molecule has 1 aromatic rings. The van der Waals surface area contributed by atoms with Crippen LogP contribution in [0.15, 0.2) is 24.3 Å². The molecule has 154 valence electrons. The standard InChI is InChI=1S/C18H25FN2O.C2H2O4/c1-14-5-2-3-8-17(14)20-9-11-21(12-10-20)18(22)15-6-4-7-16(19)13-15;3-1(4)2(5)6/h4,6-7,13-14,17H,2-3,5,8-12H2,1H3;(H,3,4)(H,5,6). The first-order valence-electron chi connectivity index (χ1n) is 9.54. The van der Waals surface area contributed by atoms with E-state index in [1.807, 2.05) is 4.90 Å². The number of carboxylic acid groups (broad SMARTS) is 2. The molecule has 1 aliphatic carbocycles. The molecule has 8 heteroatoms. The molecule has 7 nitrogen and oxygen atoms in total. The molecule has 1 aromatic carbocycles. The molecule has 3 rings (SSSR count). The molecule has 28 heavy (non-hydrogen) atoms. The molecule has 2 fully saturated rings. The molecule has 1 amide bonds. The van der Waals surface area contributed by atoms with Crippen LogP contribution in [-0.2, 0) is 9.59 Å². The summed E-state index contributed by atoms with van der Waals surface area (Å²) < 4.78 is 13.3. The number of benzene rings is 1. The third kappa shape index (κ3) is 6.02. The first-order chi connectivity index (χ1) is 13.3. The van der Waals surface area contributed by atoms with Gasteiger partial charge in [0, 0.05) is 37.8 Å². The molecule has 2 aliphatic rings. The van der Waals surface area contributed by atoms with E-state index in [1.165, 1.54) is 37.8 Å². The van der Waals surface area contributed by atoms with Crippen molar-refractivity contribution in [3.05, 3.63) is 35.6 Å². The van der Waals surface area contributed by atoms with E-state index in [2.05, 4.69) is 11.8 Å². The molecule has 1 saturated carbocycles. The second-order valence-electron chi connectivity index (χ2n) is 7.28. The first-order valence-corrected chi connectivity index (χ1v) is 9.54. The van der Waals surface area contributed by atoms with Gasteiger partial charge in [0.15, 0.2) is 0 Å². The van der Waals surface area contributed by atoms with Crippen molar-refractivity contribution in [2.45, 2.75) is 38.6 Å². The van der Waals surface area contributed by atoms with Gasteiger partial charge in [0.05, 0.1) is 0 Å². The monoisotopic (exact) mass is 394 g/mol. The van der Waals surface area contributed by atoms with Crippen LogP contribution in [0.5, 0.6) is 0 Å². The average molecular weight is 394 g/mol. The van der Waals surface area contributed by atoms with Crippen LogP contribution in [0.2, 0.25) is 0 Å². The number of rotatable bonds is 2. The minimum Gasteiger partial charge on any atom is -0.473 e. The Bertz CT molecular complexity index is 692. The first kappa shape index (κ1) is 21.8. The van der Waals surface area contributed by atoms with E-state index >= 15 is 0 Å². The maximum Gasteiger partial charge on any atom is 0.414 e. The Morgan fingerprint density at radius 1 is 1.00 bits per heavy atom. The molecule has 0 bridgehead atoms. The van der Waals surface area contributed by atoms with Crippen LogP contribution in [0, 0.1) is 11.7 Å². The zero-order valence-corrected chi connectivity index (χ0v) is 16.0. The zero-order chi connectivity index (χ0) is 20.7.